The predicted molar refractivity (Wildman–Crippen MR) is 94.9 cm³/mol. The third-order valence-corrected chi connectivity index (χ3v) is 5.79. The van der Waals surface area contributed by atoms with E-state index in [1.54, 1.807) is 6.92 Å². The third-order valence-electron chi connectivity index (χ3n) is 5.47. The Morgan fingerprint density at radius 3 is 2.70 bits per heavy atom. The van der Waals surface area contributed by atoms with E-state index in [4.69, 9.17) is 16.1 Å². The summed E-state index contributed by atoms with van der Waals surface area (Å²) in [6.07, 6.45) is 2.00. The minimum absolute atomic E-state index is 0.00657. The molecule has 0 radical (unpaired) electrons. The molecule has 1 aromatic carbocycles. The molecule has 0 unspecified atom stereocenters. The van der Waals surface area contributed by atoms with Crippen molar-refractivity contribution < 1.29 is 23.6 Å². The van der Waals surface area contributed by atoms with Crippen LogP contribution in [0.3, 0.4) is 0 Å². The van der Waals surface area contributed by atoms with Gasteiger partial charge in [0.05, 0.1) is 16.5 Å². The van der Waals surface area contributed by atoms with Crippen LogP contribution >= 0.6 is 11.6 Å². The molecule has 1 saturated heterocycles. The van der Waals surface area contributed by atoms with Gasteiger partial charge < -0.3 is 14.5 Å². The molecule has 2 heterocycles. The Morgan fingerprint density at radius 1 is 1.33 bits per heavy atom. The summed E-state index contributed by atoms with van der Waals surface area (Å²) >= 11 is 6.12. The molecule has 142 valence electrons. The van der Waals surface area contributed by atoms with Crippen LogP contribution in [0.4, 0.5) is 4.39 Å². The first-order chi connectivity index (χ1) is 12.9. The first-order valence-corrected chi connectivity index (χ1v) is 9.19. The van der Waals surface area contributed by atoms with Crippen LogP contribution in [-0.2, 0) is 4.79 Å². The number of aromatic nitrogens is 1. The van der Waals surface area contributed by atoms with Gasteiger partial charge in [0.15, 0.2) is 0 Å². The van der Waals surface area contributed by atoms with Crippen molar-refractivity contribution in [1.29, 1.82) is 0 Å². The summed E-state index contributed by atoms with van der Waals surface area (Å²) < 4.78 is 19.5. The average Bonchev–Trinajstić information content (AvgIpc) is 3.25. The fourth-order valence-corrected chi connectivity index (χ4v) is 4.19. The lowest BCUT2D eigenvalue weighted by atomic mass is 9.92. The van der Waals surface area contributed by atoms with Crippen LogP contribution in [-0.4, -0.2) is 40.1 Å². The number of aryl methyl sites for hydroxylation is 1. The molecule has 1 amide bonds. The second-order valence-corrected chi connectivity index (χ2v) is 7.62. The fourth-order valence-electron chi connectivity index (χ4n) is 3.93. The molecule has 1 saturated carbocycles. The Labute approximate surface area is 159 Å². The molecule has 0 spiro atoms. The molecule has 27 heavy (non-hydrogen) atoms. The van der Waals surface area contributed by atoms with Crippen molar-refractivity contribution in [2.75, 3.05) is 13.1 Å². The predicted octanol–water partition coefficient (Wildman–Crippen LogP) is 3.63. The SMILES string of the molecule is Cc1onc(-c2c(F)cccc2Cl)c1C(=O)N1C[C@H](C(=O)O)[C@@H](C2CC2)C1. The number of likely N-dealkylation sites (tertiary alicyclic amines) is 1. The Bertz CT molecular complexity index is 904. The number of hydrogen-bond acceptors (Lipinski definition) is 4. The summed E-state index contributed by atoms with van der Waals surface area (Å²) in [7, 11) is 0. The van der Waals surface area contributed by atoms with Crippen molar-refractivity contribution in [2.45, 2.75) is 19.8 Å². The molecule has 0 bridgehead atoms. The summed E-state index contributed by atoms with van der Waals surface area (Å²) in [5.41, 5.74) is 0.178. The smallest absolute Gasteiger partial charge is 0.308 e. The Hall–Kier alpha value is -2.41. The lowest BCUT2D eigenvalue weighted by Gasteiger charge is -2.16. The maximum atomic E-state index is 14.3. The second-order valence-electron chi connectivity index (χ2n) is 7.22. The van der Waals surface area contributed by atoms with Crippen molar-refractivity contribution in [3.8, 4) is 11.3 Å². The van der Waals surface area contributed by atoms with Gasteiger partial charge in [-0.05, 0) is 43.7 Å². The van der Waals surface area contributed by atoms with Crippen molar-refractivity contribution >= 4 is 23.5 Å². The number of benzene rings is 1. The molecule has 2 aliphatic rings. The van der Waals surface area contributed by atoms with E-state index in [0.29, 0.717) is 12.5 Å². The quantitative estimate of drug-likeness (QED) is 0.859. The minimum Gasteiger partial charge on any atom is -0.481 e. The largest absolute Gasteiger partial charge is 0.481 e. The number of carbonyl (C=O) groups is 2. The summed E-state index contributed by atoms with van der Waals surface area (Å²) in [5, 5.41) is 13.5. The molecule has 1 N–H and O–H groups in total. The van der Waals surface area contributed by atoms with Crippen LogP contribution in [0.1, 0.15) is 29.0 Å². The van der Waals surface area contributed by atoms with Crippen LogP contribution in [0.2, 0.25) is 5.02 Å². The molecule has 6 nitrogen and oxygen atoms in total. The molecule has 4 rings (SSSR count). The maximum Gasteiger partial charge on any atom is 0.308 e. The van der Waals surface area contributed by atoms with Crippen molar-refractivity contribution in [1.82, 2.24) is 10.1 Å². The zero-order chi connectivity index (χ0) is 19.3. The molecule has 2 aromatic rings. The second kappa shape index (κ2) is 6.64. The first-order valence-electron chi connectivity index (χ1n) is 8.81. The minimum atomic E-state index is -0.887. The van der Waals surface area contributed by atoms with E-state index in [1.807, 2.05) is 0 Å². The third kappa shape index (κ3) is 3.10. The molecular weight excluding hydrogens is 375 g/mol. The van der Waals surface area contributed by atoms with Gasteiger partial charge in [0.1, 0.15) is 22.8 Å². The average molecular weight is 393 g/mol. The first kappa shape index (κ1) is 18.0. The number of nitrogens with zero attached hydrogens (tertiary/aromatic N) is 2. The van der Waals surface area contributed by atoms with Crippen LogP contribution in [0.15, 0.2) is 22.7 Å². The summed E-state index contributed by atoms with van der Waals surface area (Å²) in [4.78, 5) is 26.3. The topological polar surface area (TPSA) is 83.6 Å². The van der Waals surface area contributed by atoms with E-state index in [9.17, 15) is 19.1 Å². The molecule has 1 aliphatic heterocycles. The van der Waals surface area contributed by atoms with E-state index in [0.717, 1.165) is 12.8 Å². The van der Waals surface area contributed by atoms with Gasteiger partial charge in [0.25, 0.3) is 5.91 Å². The molecule has 2 atom stereocenters. The highest BCUT2D eigenvalue weighted by Gasteiger charge is 2.47. The Kier molecular flexibility index (Phi) is 4.42. The zero-order valence-corrected chi connectivity index (χ0v) is 15.4. The molecule has 2 fully saturated rings. The highest BCUT2D eigenvalue weighted by molar-refractivity contribution is 6.33. The van der Waals surface area contributed by atoms with Crippen LogP contribution in [0.25, 0.3) is 11.3 Å². The monoisotopic (exact) mass is 392 g/mol. The van der Waals surface area contributed by atoms with E-state index >= 15 is 0 Å². The van der Waals surface area contributed by atoms with Gasteiger partial charge in [0, 0.05) is 13.1 Å². The van der Waals surface area contributed by atoms with Gasteiger partial charge in [-0.15, -0.1) is 0 Å². The number of amides is 1. The molecular formula is C19H18ClFN2O4. The van der Waals surface area contributed by atoms with Crippen molar-refractivity contribution in [2.24, 2.45) is 17.8 Å². The van der Waals surface area contributed by atoms with Crippen LogP contribution < -0.4 is 0 Å². The standard InChI is InChI=1S/C19H18ClFN2O4/c1-9-15(17(22-27-9)16-13(20)3-2-4-14(16)21)18(24)23-7-11(10-5-6-10)12(8-23)19(25)26/h2-4,10-12H,5-8H2,1H3,(H,25,26)/t11-,12+/m1/s1. The lowest BCUT2D eigenvalue weighted by Crippen LogP contribution is -2.30. The summed E-state index contributed by atoms with van der Waals surface area (Å²) in [6.45, 7) is 2.07. The van der Waals surface area contributed by atoms with Gasteiger partial charge in [-0.2, -0.15) is 0 Å². The van der Waals surface area contributed by atoms with Gasteiger partial charge >= 0.3 is 5.97 Å². The highest BCUT2D eigenvalue weighted by Crippen LogP contribution is 2.45. The van der Waals surface area contributed by atoms with Crippen LogP contribution in [0, 0.1) is 30.5 Å². The highest BCUT2D eigenvalue weighted by atomic mass is 35.5. The van der Waals surface area contributed by atoms with Gasteiger partial charge in [-0.1, -0.05) is 22.8 Å². The van der Waals surface area contributed by atoms with E-state index in [1.165, 1.54) is 23.1 Å². The van der Waals surface area contributed by atoms with Crippen LogP contribution in [0.5, 0.6) is 0 Å². The summed E-state index contributed by atoms with van der Waals surface area (Å²) in [5.74, 6) is -1.93. The Balaban J connectivity index is 1.69. The fraction of sp³-hybridized carbons (Fsp3) is 0.421. The van der Waals surface area contributed by atoms with Gasteiger partial charge in [-0.25, -0.2) is 4.39 Å². The zero-order valence-electron chi connectivity index (χ0n) is 14.6. The number of carbonyl (C=O) groups excluding carboxylic acids is 1. The van der Waals surface area contributed by atoms with Crippen molar-refractivity contribution in [3.63, 3.8) is 0 Å². The number of hydrogen-bond donors (Lipinski definition) is 1. The molecule has 1 aliphatic carbocycles. The van der Waals surface area contributed by atoms with Gasteiger partial charge in [0.2, 0.25) is 0 Å². The molecule has 8 heteroatoms. The number of rotatable bonds is 4. The number of carboxylic acid groups (broad SMARTS) is 1. The number of halogens is 2. The number of aliphatic carboxylic acids is 1. The number of carboxylic acids is 1. The lowest BCUT2D eigenvalue weighted by molar-refractivity contribution is -0.142. The summed E-state index contributed by atoms with van der Waals surface area (Å²) in [6, 6.07) is 4.21. The van der Waals surface area contributed by atoms with Gasteiger partial charge in [-0.3, -0.25) is 9.59 Å². The normalized spacial score (nSPS) is 22.3. The Morgan fingerprint density at radius 2 is 2.07 bits per heavy atom. The van der Waals surface area contributed by atoms with Crippen molar-refractivity contribution in [3.05, 3.63) is 40.4 Å². The molecule has 1 aromatic heterocycles. The maximum absolute atomic E-state index is 14.3. The van der Waals surface area contributed by atoms with E-state index in [2.05, 4.69) is 5.16 Å². The van der Waals surface area contributed by atoms with E-state index in [-0.39, 0.29) is 40.1 Å². The van der Waals surface area contributed by atoms with E-state index < -0.39 is 23.6 Å².